The first kappa shape index (κ1) is 18.1. The molecule has 0 saturated heterocycles. The number of nitrogens with zero attached hydrogens (tertiary/aromatic N) is 2. The summed E-state index contributed by atoms with van der Waals surface area (Å²) in [5.74, 6) is 5.97. The fourth-order valence-corrected chi connectivity index (χ4v) is 3.53. The van der Waals surface area contributed by atoms with E-state index in [1.807, 2.05) is 12.1 Å². The van der Waals surface area contributed by atoms with Crippen molar-refractivity contribution in [2.45, 2.75) is 37.7 Å². The van der Waals surface area contributed by atoms with E-state index in [0.29, 0.717) is 6.54 Å². The molecule has 0 bridgehead atoms. The monoisotopic (exact) mass is 400 g/mol. The van der Waals surface area contributed by atoms with Crippen LogP contribution in [-0.2, 0) is 11.2 Å². The van der Waals surface area contributed by atoms with Crippen LogP contribution in [0.1, 0.15) is 26.3 Å². The first-order chi connectivity index (χ1) is 10.6. The van der Waals surface area contributed by atoms with Crippen molar-refractivity contribution in [3.63, 3.8) is 0 Å². The second-order valence-electron chi connectivity index (χ2n) is 5.93. The molecule has 1 amide bonds. The Hall–Kier alpha value is -1.22. The van der Waals surface area contributed by atoms with E-state index in [2.05, 4.69) is 15.9 Å². The number of hydrazine groups is 1. The van der Waals surface area contributed by atoms with Crippen LogP contribution in [0.5, 0.6) is 0 Å². The van der Waals surface area contributed by atoms with E-state index in [9.17, 15) is 9.90 Å². The minimum Gasteiger partial charge on any atom is -0.398 e. The van der Waals surface area contributed by atoms with Gasteiger partial charge in [-0.3, -0.25) is 9.21 Å². The highest BCUT2D eigenvalue weighted by atomic mass is 79.9. The maximum absolute atomic E-state index is 11.7. The van der Waals surface area contributed by atoms with Gasteiger partial charge in [-0.1, -0.05) is 0 Å². The first-order valence-corrected chi connectivity index (χ1v) is 8.69. The number of carbonyl (C=O) groups is 1. The molecule has 8 heteroatoms. The third-order valence-corrected chi connectivity index (χ3v) is 5.35. The van der Waals surface area contributed by atoms with E-state index in [0.717, 1.165) is 27.0 Å². The van der Waals surface area contributed by atoms with Crippen LogP contribution in [0, 0.1) is 0 Å². The molecular weight excluding hydrogens is 380 g/mol. The van der Waals surface area contributed by atoms with Crippen molar-refractivity contribution in [2.75, 3.05) is 11.4 Å². The number of aliphatic hydroxyl groups is 1. The predicted molar refractivity (Wildman–Crippen MR) is 96.3 cm³/mol. The Labute approximate surface area is 148 Å². The third kappa shape index (κ3) is 4.20. The zero-order valence-corrected chi connectivity index (χ0v) is 15.7. The number of carbonyl (C=O) groups excluding carboxylic acids is 1. The normalized spacial score (nSPS) is 14.9. The van der Waals surface area contributed by atoms with Crippen LogP contribution in [0.15, 0.2) is 33.4 Å². The highest BCUT2D eigenvalue weighted by Gasteiger charge is 2.24. The molecule has 2 rings (SSSR count). The second kappa shape index (κ2) is 6.72. The van der Waals surface area contributed by atoms with E-state index in [1.54, 1.807) is 25.7 Å². The van der Waals surface area contributed by atoms with Crippen LogP contribution in [0.3, 0.4) is 0 Å². The van der Waals surface area contributed by atoms with Crippen molar-refractivity contribution in [1.29, 1.82) is 0 Å². The molecule has 0 fully saturated rings. The summed E-state index contributed by atoms with van der Waals surface area (Å²) in [7, 11) is 0. The Balaban J connectivity index is 2.25. The van der Waals surface area contributed by atoms with Crippen LogP contribution in [0.25, 0.3) is 0 Å². The molecule has 6 nitrogen and oxygen atoms in total. The number of benzene rings is 1. The summed E-state index contributed by atoms with van der Waals surface area (Å²) in [4.78, 5) is 14.3. The lowest BCUT2D eigenvalue weighted by Gasteiger charge is -2.22. The number of halogens is 1. The molecular formula is C15H21BrN4O2S. The van der Waals surface area contributed by atoms with Gasteiger partial charge in [0.15, 0.2) is 0 Å². The SMILES string of the molecule is CC(=O)N1CCc2cc(Br)c(SN(N)/C=C(\N)C(C)(C)O)cc21. The number of fused-ring (bicyclic) bond motifs is 1. The van der Waals surface area contributed by atoms with Gasteiger partial charge in [0.25, 0.3) is 0 Å². The number of hydrogen-bond acceptors (Lipinski definition) is 6. The van der Waals surface area contributed by atoms with Crippen LogP contribution in [0.2, 0.25) is 0 Å². The Morgan fingerprint density at radius 3 is 2.74 bits per heavy atom. The molecule has 126 valence electrons. The first-order valence-electron chi connectivity index (χ1n) is 7.12. The number of nitrogens with two attached hydrogens (primary N) is 2. The summed E-state index contributed by atoms with van der Waals surface area (Å²) in [5, 5.41) is 9.84. The Kier molecular flexibility index (Phi) is 5.30. The third-order valence-electron chi connectivity index (χ3n) is 3.59. The standard InChI is InChI=1S/C15H21BrN4O2S/c1-9(21)19-5-4-10-6-11(16)13(7-12(10)19)23-20(18)8-14(17)15(2,3)22/h6-8,22H,4-5,17-18H2,1-3H3/b14-8-. The number of anilines is 1. The average Bonchev–Trinajstić information content (AvgIpc) is 2.80. The molecule has 0 unspecified atom stereocenters. The molecule has 1 aliphatic rings. The summed E-state index contributed by atoms with van der Waals surface area (Å²) in [5.41, 5.74) is 6.97. The fraction of sp³-hybridized carbons (Fsp3) is 0.400. The average molecular weight is 401 g/mol. The van der Waals surface area contributed by atoms with Gasteiger partial charge in [-0.15, -0.1) is 0 Å². The van der Waals surface area contributed by atoms with Gasteiger partial charge < -0.3 is 15.7 Å². The molecule has 5 N–H and O–H groups in total. The second-order valence-corrected chi connectivity index (χ2v) is 7.83. The minimum absolute atomic E-state index is 0.0257. The molecule has 0 aliphatic carbocycles. The van der Waals surface area contributed by atoms with E-state index in [4.69, 9.17) is 11.6 Å². The molecule has 0 aromatic heterocycles. The highest BCUT2D eigenvalue weighted by molar-refractivity contribution is 9.10. The maximum Gasteiger partial charge on any atom is 0.223 e. The van der Waals surface area contributed by atoms with Gasteiger partial charge in [-0.05, 0) is 53.9 Å². The zero-order chi connectivity index (χ0) is 17.4. The van der Waals surface area contributed by atoms with Gasteiger partial charge in [0.05, 0.1) is 17.5 Å². The Bertz CT molecular complexity index is 658. The molecule has 0 saturated carbocycles. The number of hydrogen-bond donors (Lipinski definition) is 3. The molecule has 1 aromatic rings. The number of rotatable bonds is 4. The maximum atomic E-state index is 11.7. The van der Waals surface area contributed by atoms with Crippen LogP contribution in [-0.4, -0.2) is 27.6 Å². The minimum atomic E-state index is -1.14. The van der Waals surface area contributed by atoms with E-state index in [1.165, 1.54) is 22.6 Å². The smallest absolute Gasteiger partial charge is 0.223 e. The molecule has 1 aromatic carbocycles. The molecule has 0 atom stereocenters. The van der Waals surface area contributed by atoms with E-state index < -0.39 is 5.60 Å². The topological polar surface area (TPSA) is 95.8 Å². The van der Waals surface area contributed by atoms with Crippen molar-refractivity contribution in [3.8, 4) is 0 Å². The Morgan fingerprint density at radius 1 is 1.52 bits per heavy atom. The van der Waals surface area contributed by atoms with Gasteiger partial charge in [0.2, 0.25) is 5.91 Å². The Morgan fingerprint density at radius 2 is 2.17 bits per heavy atom. The number of amides is 1. The lowest BCUT2D eigenvalue weighted by molar-refractivity contribution is -0.116. The van der Waals surface area contributed by atoms with Crippen LogP contribution < -0.4 is 16.5 Å². The van der Waals surface area contributed by atoms with Crippen LogP contribution >= 0.6 is 27.9 Å². The predicted octanol–water partition coefficient (Wildman–Crippen LogP) is 2.11. The summed E-state index contributed by atoms with van der Waals surface area (Å²) in [6.45, 7) is 5.44. The summed E-state index contributed by atoms with van der Waals surface area (Å²) in [6.07, 6.45) is 2.32. The lowest BCUT2D eigenvalue weighted by atomic mass is 10.1. The molecule has 1 aliphatic heterocycles. The summed E-state index contributed by atoms with van der Waals surface area (Å²) >= 11 is 4.79. The van der Waals surface area contributed by atoms with Gasteiger partial charge in [0.1, 0.15) is 0 Å². The van der Waals surface area contributed by atoms with Crippen molar-refractivity contribution in [3.05, 3.63) is 34.1 Å². The largest absolute Gasteiger partial charge is 0.398 e. The van der Waals surface area contributed by atoms with E-state index in [-0.39, 0.29) is 11.6 Å². The summed E-state index contributed by atoms with van der Waals surface area (Å²) < 4.78 is 2.24. The van der Waals surface area contributed by atoms with Crippen molar-refractivity contribution in [2.24, 2.45) is 11.6 Å². The van der Waals surface area contributed by atoms with Gasteiger partial charge in [-0.25, -0.2) is 5.84 Å². The molecule has 1 heterocycles. The fourth-order valence-electron chi connectivity index (χ4n) is 2.22. The van der Waals surface area contributed by atoms with Crippen molar-refractivity contribution < 1.29 is 9.90 Å². The molecule has 0 spiro atoms. The van der Waals surface area contributed by atoms with Gasteiger partial charge in [-0.2, -0.15) is 0 Å². The van der Waals surface area contributed by atoms with E-state index >= 15 is 0 Å². The summed E-state index contributed by atoms with van der Waals surface area (Å²) in [6, 6.07) is 3.95. The lowest BCUT2D eigenvalue weighted by Crippen LogP contribution is -2.31. The highest BCUT2D eigenvalue weighted by Crippen LogP contribution is 2.38. The van der Waals surface area contributed by atoms with Gasteiger partial charge in [0, 0.05) is 40.5 Å². The molecule has 0 radical (unpaired) electrons. The van der Waals surface area contributed by atoms with Crippen molar-refractivity contribution >= 4 is 39.5 Å². The quantitative estimate of drug-likeness (QED) is 0.406. The zero-order valence-electron chi connectivity index (χ0n) is 13.3. The van der Waals surface area contributed by atoms with Crippen molar-refractivity contribution in [1.82, 2.24) is 4.41 Å². The van der Waals surface area contributed by atoms with Crippen LogP contribution in [0.4, 0.5) is 5.69 Å². The van der Waals surface area contributed by atoms with Gasteiger partial charge >= 0.3 is 0 Å². The molecule has 23 heavy (non-hydrogen) atoms.